The van der Waals surface area contributed by atoms with E-state index >= 15 is 0 Å². The Bertz CT molecular complexity index is 463. The lowest BCUT2D eigenvalue weighted by Crippen LogP contribution is -2.10. The van der Waals surface area contributed by atoms with Crippen LogP contribution in [0.2, 0.25) is 0 Å². The molecule has 2 nitrogen and oxygen atoms in total. The summed E-state index contributed by atoms with van der Waals surface area (Å²) in [6.45, 7) is 2.02. The molecule has 2 aliphatic heterocycles. The number of anilines is 1. The van der Waals surface area contributed by atoms with Gasteiger partial charge in [-0.1, -0.05) is 36.4 Å². The van der Waals surface area contributed by atoms with E-state index in [0.717, 1.165) is 25.3 Å². The summed E-state index contributed by atoms with van der Waals surface area (Å²) in [6.07, 6.45) is 4.85. The molecular formula is C18H21NO. The number of aryl methyl sites for hydroxylation is 2. The van der Waals surface area contributed by atoms with Gasteiger partial charge in [-0.25, -0.2) is 0 Å². The first-order chi connectivity index (χ1) is 9.93. The van der Waals surface area contributed by atoms with Gasteiger partial charge < -0.3 is 10.1 Å². The molecule has 2 heterocycles. The molecule has 104 valence electrons. The fourth-order valence-corrected chi connectivity index (χ4v) is 2.71. The zero-order valence-electron chi connectivity index (χ0n) is 11.8. The number of nitrogens with one attached hydrogen (secondary N) is 1. The molecule has 4 rings (SSSR count). The van der Waals surface area contributed by atoms with Crippen molar-refractivity contribution in [3.8, 4) is 5.75 Å². The number of ether oxygens (including phenoxy) is 1. The van der Waals surface area contributed by atoms with Crippen LogP contribution in [-0.2, 0) is 12.8 Å². The lowest BCUT2D eigenvalue weighted by Gasteiger charge is -2.16. The van der Waals surface area contributed by atoms with Crippen molar-refractivity contribution in [1.29, 1.82) is 0 Å². The van der Waals surface area contributed by atoms with E-state index in [4.69, 9.17) is 4.74 Å². The molecule has 0 radical (unpaired) electrons. The second-order valence-electron chi connectivity index (χ2n) is 5.25. The molecule has 2 aromatic rings. The predicted molar refractivity (Wildman–Crippen MR) is 83.5 cm³/mol. The molecule has 1 N–H and O–H groups in total. The summed E-state index contributed by atoms with van der Waals surface area (Å²) in [5, 5.41) is 3.36. The van der Waals surface area contributed by atoms with Gasteiger partial charge in [0.25, 0.3) is 0 Å². The second-order valence-corrected chi connectivity index (χ2v) is 5.25. The highest BCUT2D eigenvalue weighted by atomic mass is 16.5. The lowest BCUT2D eigenvalue weighted by molar-refractivity contribution is 0.288. The summed E-state index contributed by atoms with van der Waals surface area (Å²) in [7, 11) is 0. The topological polar surface area (TPSA) is 21.3 Å². The van der Waals surface area contributed by atoms with Crippen molar-refractivity contribution < 1.29 is 4.74 Å². The van der Waals surface area contributed by atoms with E-state index in [1.165, 1.54) is 36.1 Å². The quantitative estimate of drug-likeness (QED) is 0.777. The van der Waals surface area contributed by atoms with E-state index in [1.54, 1.807) is 0 Å². The maximum Gasteiger partial charge on any atom is 0.122 e. The summed E-state index contributed by atoms with van der Waals surface area (Å²) in [5.74, 6) is 1.08. The van der Waals surface area contributed by atoms with Gasteiger partial charge in [0, 0.05) is 12.2 Å². The zero-order valence-corrected chi connectivity index (χ0v) is 11.8. The first-order valence-corrected chi connectivity index (χ1v) is 7.46. The normalized spacial score (nSPS) is 15.6. The van der Waals surface area contributed by atoms with Crippen molar-refractivity contribution in [3.05, 3.63) is 59.7 Å². The molecule has 0 atom stereocenters. The third-order valence-electron chi connectivity index (χ3n) is 3.78. The Morgan fingerprint density at radius 3 is 2.40 bits per heavy atom. The maximum absolute atomic E-state index is 5.42. The van der Waals surface area contributed by atoms with Crippen LogP contribution in [0.3, 0.4) is 0 Å². The van der Waals surface area contributed by atoms with Crippen LogP contribution in [0, 0.1) is 0 Å². The lowest BCUT2D eigenvalue weighted by atomic mass is 10.0. The van der Waals surface area contributed by atoms with E-state index in [-0.39, 0.29) is 0 Å². The highest BCUT2D eigenvalue weighted by molar-refractivity contribution is 5.52. The van der Waals surface area contributed by atoms with E-state index in [1.807, 2.05) is 12.1 Å². The minimum absolute atomic E-state index is 0.886. The second kappa shape index (κ2) is 6.47. The van der Waals surface area contributed by atoms with Gasteiger partial charge in [-0.05, 0) is 48.9 Å². The molecule has 0 unspecified atom stereocenters. The van der Waals surface area contributed by atoms with E-state index in [2.05, 4.69) is 41.7 Å². The zero-order chi connectivity index (χ0) is 13.6. The molecule has 0 fully saturated rings. The number of hydrogen-bond acceptors (Lipinski definition) is 2. The first-order valence-electron chi connectivity index (χ1n) is 7.46. The summed E-state index contributed by atoms with van der Waals surface area (Å²) in [5.41, 5.74) is 4.15. The largest absolute Gasteiger partial charge is 0.493 e. The summed E-state index contributed by atoms with van der Waals surface area (Å²) in [6, 6.07) is 16.8. The van der Waals surface area contributed by atoms with Crippen molar-refractivity contribution in [2.75, 3.05) is 18.5 Å². The van der Waals surface area contributed by atoms with Gasteiger partial charge in [-0.15, -0.1) is 0 Å². The van der Waals surface area contributed by atoms with E-state index in [0.29, 0.717) is 0 Å². The Morgan fingerprint density at radius 2 is 1.55 bits per heavy atom. The summed E-state index contributed by atoms with van der Waals surface area (Å²) in [4.78, 5) is 0. The first kappa shape index (κ1) is 13.0. The Balaban J connectivity index is 0.000000121. The third-order valence-corrected chi connectivity index (χ3v) is 3.78. The number of fused-ring (bicyclic) bond motifs is 2. The van der Waals surface area contributed by atoms with Crippen LogP contribution >= 0.6 is 0 Å². The van der Waals surface area contributed by atoms with Crippen LogP contribution < -0.4 is 10.1 Å². The van der Waals surface area contributed by atoms with Crippen LogP contribution in [0.15, 0.2) is 48.5 Å². The van der Waals surface area contributed by atoms with Gasteiger partial charge in [0.05, 0.1) is 6.61 Å². The van der Waals surface area contributed by atoms with Gasteiger partial charge >= 0.3 is 0 Å². The molecule has 0 aromatic heterocycles. The molecule has 0 spiro atoms. The fraction of sp³-hybridized carbons (Fsp3) is 0.333. The van der Waals surface area contributed by atoms with Crippen molar-refractivity contribution in [3.63, 3.8) is 0 Å². The average molecular weight is 267 g/mol. The summed E-state index contributed by atoms with van der Waals surface area (Å²) >= 11 is 0. The number of benzene rings is 2. The molecule has 0 aliphatic carbocycles. The monoisotopic (exact) mass is 267 g/mol. The van der Waals surface area contributed by atoms with Gasteiger partial charge in [0.15, 0.2) is 0 Å². The van der Waals surface area contributed by atoms with Gasteiger partial charge in [0.2, 0.25) is 0 Å². The van der Waals surface area contributed by atoms with Gasteiger partial charge in [-0.3, -0.25) is 0 Å². The van der Waals surface area contributed by atoms with E-state index < -0.39 is 0 Å². The molecule has 20 heavy (non-hydrogen) atoms. The molecular weight excluding hydrogens is 246 g/mol. The predicted octanol–water partition coefficient (Wildman–Crippen LogP) is 4.06. The van der Waals surface area contributed by atoms with Crippen molar-refractivity contribution in [2.24, 2.45) is 0 Å². The highest BCUT2D eigenvalue weighted by Gasteiger charge is 2.07. The molecule has 0 bridgehead atoms. The molecule has 0 amide bonds. The molecule has 0 saturated heterocycles. The fourth-order valence-electron chi connectivity index (χ4n) is 2.71. The van der Waals surface area contributed by atoms with Crippen LogP contribution in [0.25, 0.3) is 0 Å². The number of rotatable bonds is 0. The SMILES string of the molecule is c1ccc2c(c1)CCCN2.c1ccc2c(c1)CCCO2. The third kappa shape index (κ3) is 3.13. The van der Waals surface area contributed by atoms with Crippen LogP contribution in [-0.4, -0.2) is 13.2 Å². The minimum Gasteiger partial charge on any atom is -0.493 e. The maximum atomic E-state index is 5.42. The summed E-state index contributed by atoms with van der Waals surface area (Å²) < 4.78 is 5.42. The molecule has 2 heteroatoms. The Labute approximate surface area is 120 Å². The number of para-hydroxylation sites is 2. The smallest absolute Gasteiger partial charge is 0.122 e. The van der Waals surface area contributed by atoms with Crippen LogP contribution in [0.4, 0.5) is 5.69 Å². The van der Waals surface area contributed by atoms with Crippen molar-refractivity contribution in [1.82, 2.24) is 0 Å². The standard InChI is InChI=1S/C9H11N.C9H10O/c2*1-2-6-9-8(4-1)5-3-7-10-9/h1-2,4,6,10H,3,5,7H2;1-2,4,6H,3,5,7H2. The van der Waals surface area contributed by atoms with Crippen molar-refractivity contribution >= 4 is 5.69 Å². The molecule has 2 aliphatic rings. The Morgan fingerprint density at radius 1 is 0.800 bits per heavy atom. The Kier molecular flexibility index (Phi) is 4.22. The van der Waals surface area contributed by atoms with E-state index in [9.17, 15) is 0 Å². The van der Waals surface area contributed by atoms with Gasteiger partial charge in [-0.2, -0.15) is 0 Å². The van der Waals surface area contributed by atoms with Crippen LogP contribution in [0.1, 0.15) is 24.0 Å². The average Bonchev–Trinajstić information content (AvgIpc) is 2.56. The minimum atomic E-state index is 0.886. The van der Waals surface area contributed by atoms with Crippen molar-refractivity contribution in [2.45, 2.75) is 25.7 Å². The van der Waals surface area contributed by atoms with Gasteiger partial charge in [0.1, 0.15) is 5.75 Å². The molecule has 0 saturated carbocycles. The van der Waals surface area contributed by atoms with Crippen LogP contribution in [0.5, 0.6) is 5.75 Å². The highest BCUT2D eigenvalue weighted by Crippen LogP contribution is 2.23. The Hall–Kier alpha value is -1.96. The molecule has 2 aromatic carbocycles. The number of hydrogen-bond donors (Lipinski definition) is 1.